The average Bonchev–Trinajstić information content (AvgIpc) is 2.83. The molecule has 1 aromatic rings. The molecule has 1 aliphatic rings. The third-order valence-electron chi connectivity index (χ3n) is 3.42. The van der Waals surface area contributed by atoms with Gasteiger partial charge in [-0.15, -0.1) is 0 Å². The highest BCUT2D eigenvalue weighted by atomic mass is 35.5. The number of nitrogens with zero attached hydrogens (tertiary/aromatic N) is 2. The number of halogens is 1. The topological polar surface area (TPSA) is 92.3 Å². The van der Waals surface area contributed by atoms with E-state index in [-0.39, 0.29) is 6.61 Å². The van der Waals surface area contributed by atoms with Crippen LogP contribution in [0.2, 0.25) is 5.02 Å². The smallest absolute Gasteiger partial charge is 0.343 e. The van der Waals surface area contributed by atoms with Crippen molar-refractivity contribution in [1.82, 2.24) is 0 Å². The van der Waals surface area contributed by atoms with Crippen LogP contribution in [0.1, 0.15) is 25.7 Å². The summed E-state index contributed by atoms with van der Waals surface area (Å²) in [5, 5.41) is 19.3. The van der Waals surface area contributed by atoms with E-state index in [1.165, 1.54) is 6.92 Å². The molecule has 1 fully saturated rings. The summed E-state index contributed by atoms with van der Waals surface area (Å²) in [5.74, 6) is -0.824. The van der Waals surface area contributed by atoms with Crippen molar-refractivity contribution in [3.63, 3.8) is 0 Å². The number of carbonyl (C=O) groups is 1. The summed E-state index contributed by atoms with van der Waals surface area (Å²) in [4.78, 5) is 12.2. The second-order valence-electron chi connectivity index (χ2n) is 4.78. The molecule has 22 heavy (non-hydrogen) atoms. The van der Waals surface area contributed by atoms with E-state index in [0.717, 1.165) is 0 Å². The monoisotopic (exact) mass is 320 g/mol. The van der Waals surface area contributed by atoms with Gasteiger partial charge in [0, 0.05) is 10.6 Å². The van der Waals surface area contributed by atoms with Crippen LogP contribution in [0.15, 0.2) is 24.3 Å². The summed E-state index contributed by atoms with van der Waals surface area (Å²) in [6.07, 6.45) is -1.05. The van der Waals surface area contributed by atoms with Gasteiger partial charge in [0.2, 0.25) is 5.60 Å². The van der Waals surface area contributed by atoms with Crippen molar-refractivity contribution in [1.29, 1.82) is 10.5 Å². The third kappa shape index (κ3) is 2.42. The molecule has 0 aromatic heterocycles. The van der Waals surface area contributed by atoms with Gasteiger partial charge in [0.05, 0.1) is 6.61 Å². The van der Waals surface area contributed by atoms with E-state index in [2.05, 4.69) is 0 Å². The fourth-order valence-corrected chi connectivity index (χ4v) is 2.23. The lowest BCUT2D eigenvalue weighted by Gasteiger charge is -2.26. The van der Waals surface area contributed by atoms with E-state index in [1.807, 2.05) is 0 Å². The van der Waals surface area contributed by atoms with E-state index in [4.69, 9.17) is 25.8 Å². The molecule has 0 aliphatic carbocycles. The SMILES string of the molecule is CCOC(=O)[C@@]1(C)O[C@@H](c2ccc(Cl)cc2)OC1(C#N)C#N. The largest absolute Gasteiger partial charge is 0.464 e. The molecule has 0 radical (unpaired) electrons. The Hall–Kier alpha value is -2.12. The van der Waals surface area contributed by atoms with Gasteiger partial charge in [-0.05, 0) is 26.0 Å². The van der Waals surface area contributed by atoms with Crippen molar-refractivity contribution in [2.24, 2.45) is 0 Å². The van der Waals surface area contributed by atoms with E-state index in [1.54, 1.807) is 43.3 Å². The molecule has 114 valence electrons. The Morgan fingerprint density at radius 2 is 1.91 bits per heavy atom. The zero-order chi connectivity index (χ0) is 16.4. The van der Waals surface area contributed by atoms with Gasteiger partial charge in [0.15, 0.2) is 6.29 Å². The highest BCUT2D eigenvalue weighted by Gasteiger charge is 2.66. The summed E-state index contributed by atoms with van der Waals surface area (Å²) in [7, 11) is 0. The molecule has 0 unspecified atom stereocenters. The lowest BCUT2D eigenvalue weighted by Crippen LogP contribution is -2.54. The summed E-state index contributed by atoms with van der Waals surface area (Å²) in [5.41, 5.74) is -3.41. The minimum atomic E-state index is -2.09. The van der Waals surface area contributed by atoms with Crippen LogP contribution in [0.4, 0.5) is 0 Å². The molecule has 0 amide bonds. The van der Waals surface area contributed by atoms with Gasteiger partial charge < -0.3 is 14.2 Å². The third-order valence-corrected chi connectivity index (χ3v) is 3.67. The van der Waals surface area contributed by atoms with Crippen LogP contribution in [0.5, 0.6) is 0 Å². The molecule has 2 rings (SSSR count). The molecule has 1 heterocycles. The molecule has 0 spiro atoms. The molecule has 0 bridgehead atoms. The molecule has 6 nitrogen and oxygen atoms in total. The van der Waals surface area contributed by atoms with Crippen LogP contribution in [-0.4, -0.2) is 23.8 Å². The second-order valence-corrected chi connectivity index (χ2v) is 5.21. The predicted molar refractivity (Wildman–Crippen MR) is 75.4 cm³/mol. The Balaban J connectivity index is 2.42. The number of benzene rings is 1. The van der Waals surface area contributed by atoms with Gasteiger partial charge >= 0.3 is 5.97 Å². The Bertz CT molecular complexity index is 648. The molecule has 1 saturated heterocycles. The van der Waals surface area contributed by atoms with Crippen LogP contribution < -0.4 is 0 Å². The average molecular weight is 321 g/mol. The number of carbonyl (C=O) groups excluding carboxylic acids is 1. The highest BCUT2D eigenvalue weighted by molar-refractivity contribution is 6.30. The van der Waals surface area contributed by atoms with E-state index in [0.29, 0.717) is 10.6 Å². The van der Waals surface area contributed by atoms with Gasteiger partial charge in [0.1, 0.15) is 12.1 Å². The van der Waals surface area contributed by atoms with Gasteiger partial charge in [-0.2, -0.15) is 10.5 Å². The highest BCUT2D eigenvalue weighted by Crippen LogP contribution is 2.45. The van der Waals surface area contributed by atoms with Crippen LogP contribution in [0.3, 0.4) is 0 Å². The molecule has 1 aliphatic heterocycles. The standard InChI is InChI=1S/C15H13ClN2O4/c1-3-20-13(19)14(2)15(8-17,9-18)22-12(21-14)10-4-6-11(16)7-5-10/h4-7,12H,3H2,1-2H3/t12-,14-/m1/s1. The minimum absolute atomic E-state index is 0.0936. The first kappa shape index (κ1) is 16.3. The van der Waals surface area contributed by atoms with E-state index in [9.17, 15) is 15.3 Å². The quantitative estimate of drug-likeness (QED) is 0.794. The summed E-state index contributed by atoms with van der Waals surface area (Å²) in [6, 6.07) is 9.95. The predicted octanol–water partition coefficient (Wildman–Crippen LogP) is 2.49. The van der Waals surface area contributed by atoms with E-state index < -0.39 is 23.5 Å². The molecular weight excluding hydrogens is 308 g/mol. The van der Waals surface area contributed by atoms with Crippen molar-refractivity contribution in [2.45, 2.75) is 31.3 Å². The number of rotatable bonds is 3. The molecule has 2 atom stereocenters. The van der Waals surface area contributed by atoms with Crippen LogP contribution >= 0.6 is 11.6 Å². The van der Waals surface area contributed by atoms with Gasteiger partial charge in [-0.25, -0.2) is 4.79 Å². The van der Waals surface area contributed by atoms with Crippen LogP contribution in [-0.2, 0) is 19.0 Å². The fraction of sp³-hybridized carbons (Fsp3) is 0.400. The number of ether oxygens (including phenoxy) is 3. The number of hydrogen-bond acceptors (Lipinski definition) is 6. The molecule has 1 aromatic carbocycles. The number of nitriles is 2. The van der Waals surface area contributed by atoms with Gasteiger partial charge in [-0.1, -0.05) is 23.7 Å². The van der Waals surface area contributed by atoms with Crippen molar-refractivity contribution in [3.05, 3.63) is 34.9 Å². The van der Waals surface area contributed by atoms with Crippen LogP contribution in [0, 0.1) is 22.7 Å². The van der Waals surface area contributed by atoms with E-state index >= 15 is 0 Å². The first-order valence-corrected chi connectivity index (χ1v) is 6.91. The maximum Gasteiger partial charge on any atom is 0.343 e. The first-order chi connectivity index (χ1) is 10.4. The Morgan fingerprint density at radius 3 is 2.41 bits per heavy atom. The van der Waals surface area contributed by atoms with Gasteiger partial charge in [-0.3, -0.25) is 0 Å². The molecule has 0 saturated carbocycles. The minimum Gasteiger partial charge on any atom is -0.464 e. The Kier molecular flexibility index (Phi) is 4.39. The van der Waals surface area contributed by atoms with Crippen molar-refractivity contribution in [3.8, 4) is 12.1 Å². The molecular formula is C15H13ClN2O4. The van der Waals surface area contributed by atoms with Crippen molar-refractivity contribution < 1.29 is 19.0 Å². The maximum atomic E-state index is 12.2. The first-order valence-electron chi connectivity index (χ1n) is 6.53. The zero-order valence-electron chi connectivity index (χ0n) is 12.0. The lowest BCUT2D eigenvalue weighted by atomic mass is 9.87. The second kappa shape index (κ2) is 5.94. The summed E-state index contributed by atoms with van der Waals surface area (Å²) in [6.45, 7) is 3.03. The molecule has 7 heteroatoms. The Morgan fingerprint density at radius 1 is 1.32 bits per heavy atom. The van der Waals surface area contributed by atoms with Gasteiger partial charge in [0.25, 0.3) is 5.60 Å². The Labute approximate surface area is 132 Å². The lowest BCUT2D eigenvalue weighted by molar-refractivity contribution is -0.171. The summed E-state index contributed by atoms with van der Waals surface area (Å²) < 4.78 is 16.0. The van der Waals surface area contributed by atoms with Crippen LogP contribution in [0.25, 0.3) is 0 Å². The fourth-order valence-electron chi connectivity index (χ4n) is 2.10. The zero-order valence-corrected chi connectivity index (χ0v) is 12.8. The maximum absolute atomic E-state index is 12.2. The number of hydrogen-bond donors (Lipinski definition) is 0. The molecule has 0 N–H and O–H groups in total. The summed E-state index contributed by atoms with van der Waals surface area (Å²) >= 11 is 5.82. The normalized spacial score (nSPS) is 26.0. The number of esters is 1. The van der Waals surface area contributed by atoms with Crippen molar-refractivity contribution in [2.75, 3.05) is 6.61 Å². The van der Waals surface area contributed by atoms with Crippen molar-refractivity contribution >= 4 is 17.6 Å².